The summed E-state index contributed by atoms with van der Waals surface area (Å²) in [5.74, 6) is -0.0953. The number of carbonyl (C=O) groups is 1. The molecule has 2 aromatic rings. The second-order valence-electron chi connectivity index (χ2n) is 7.10. The minimum Gasteiger partial charge on any atom is -0.347 e. The van der Waals surface area contributed by atoms with Crippen molar-refractivity contribution in [2.24, 2.45) is 0 Å². The third kappa shape index (κ3) is 6.55. The smallest absolute Gasteiger partial charge is 0.270 e. The molecule has 0 spiro atoms. The maximum Gasteiger partial charge on any atom is 0.270 e. The van der Waals surface area contributed by atoms with Gasteiger partial charge in [0.15, 0.2) is 0 Å². The summed E-state index contributed by atoms with van der Waals surface area (Å²) in [7, 11) is 0. The fraction of sp³-hybridized carbons (Fsp3) is 0.391. The van der Waals surface area contributed by atoms with Crippen molar-refractivity contribution in [3.05, 3.63) is 71.1 Å². The molecule has 1 amide bonds. The van der Waals surface area contributed by atoms with E-state index in [1.165, 1.54) is 11.1 Å². The van der Waals surface area contributed by atoms with Crippen LogP contribution in [0.1, 0.15) is 63.1 Å². The fourth-order valence-corrected chi connectivity index (χ4v) is 2.84. The van der Waals surface area contributed by atoms with E-state index in [-0.39, 0.29) is 5.91 Å². The van der Waals surface area contributed by atoms with E-state index in [4.69, 9.17) is 0 Å². The number of nitrogens with zero attached hydrogens (tertiary/aromatic N) is 2. The Kier molecular flexibility index (Phi) is 8.05. The molecule has 2 rings (SSSR count). The summed E-state index contributed by atoms with van der Waals surface area (Å²) in [6.45, 7) is 8.98. The molecule has 0 bridgehead atoms. The molecule has 0 radical (unpaired) electrons. The van der Waals surface area contributed by atoms with Gasteiger partial charge in [-0.3, -0.25) is 4.79 Å². The van der Waals surface area contributed by atoms with Crippen LogP contribution in [0.15, 0.2) is 59.7 Å². The van der Waals surface area contributed by atoms with Gasteiger partial charge in [-0.1, -0.05) is 54.8 Å². The normalized spacial score (nSPS) is 11.3. The van der Waals surface area contributed by atoms with Gasteiger partial charge in [0.1, 0.15) is 5.69 Å². The number of hydrogen-bond acceptors (Lipinski definition) is 2. The molecule has 1 heterocycles. The van der Waals surface area contributed by atoms with Crippen LogP contribution in [0.4, 0.5) is 0 Å². The van der Waals surface area contributed by atoms with Gasteiger partial charge < -0.3 is 5.32 Å². The van der Waals surface area contributed by atoms with Crippen molar-refractivity contribution in [3.8, 4) is 5.69 Å². The van der Waals surface area contributed by atoms with Crippen molar-refractivity contribution >= 4 is 5.91 Å². The van der Waals surface area contributed by atoms with Crippen molar-refractivity contribution in [1.82, 2.24) is 15.1 Å². The summed E-state index contributed by atoms with van der Waals surface area (Å²) >= 11 is 0. The number of para-hydroxylation sites is 1. The third-order valence-corrected chi connectivity index (χ3v) is 4.30. The van der Waals surface area contributed by atoms with Gasteiger partial charge in [0.25, 0.3) is 5.91 Å². The summed E-state index contributed by atoms with van der Waals surface area (Å²) in [5.41, 5.74) is 5.06. The van der Waals surface area contributed by atoms with Crippen LogP contribution >= 0.6 is 0 Å². The minimum atomic E-state index is -0.0953. The molecule has 0 fully saturated rings. The zero-order chi connectivity index (χ0) is 19.6. The predicted octanol–water partition coefficient (Wildman–Crippen LogP) is 5.25. The summed E-state index contributed by atoms with van der Waals surface area (Å²) < 4.78 is 1.74. The van der Waals surface area contributed by atoms with E-state index in [1.807, 2.05) is 36.4 Å². The number of nitrogens with one attached hydrogen (secondary N) is 1. The Labute approximate surface area is 163 Å². The lowest BCUT2D eigenvalue weighted by Gasteiger charge is -2.07. The van der Waals surface area contributed by atoms with Crippen LogP contribution in [0.2, 0.25) is 0 Å². The van der Waals surface area contributed by atoms with Crippen LogP contribution in [-0.4, -0.2) is 22.2 Å². The Morgan fingerprint density at radius 2 is 1.89 bits per heavy atom. The highest BCUT2D eigenvalue weighted by atomic mass is 16.2. The largest absolute Gasteiger partial charge is 0.347 e. The van der Waals surface area contributed by atoms with Gasteiger partial charge in [-0.15, -0.1) is 0 Å². The van der Waals surface area contributed by atoms with Gasteiger partial charge in [-0.25, -0.2) is 4.68 Å². The first-order chi connectivity index (χ1) is 13.0. The molecule has 4 nitrogen and oxygen atoms in total. The summed E-state index contributed by atoms with van der Waals surface area (Å²) in [5, 5.41) is 7.63. The second kappa shape index (κ2) is 10.5. The van der Waals surface area contributed by atoms with Gasteiger partial charge in [0.2, 0.25) is 0 Å². The topological polar surface area (TPSA) is 46.9 Å². The first-order valence-corrected chi connectivity index (χ1v) is 9.72. The number of benzene rings is 1. The maximum atomic E-state index is 12.7. The summed E-state index contributed by atoms with van der Waals surface area (Å²) in [4.78, 5) is 12.7. The standard InChI is InChI=1S/C23H31N3O/c1-5-10-20-17-22(26(25-20)21-13-7-6-8-14-21)23(27)24-16-15-19(4)12-9-11-18(2)3/h6-8,11,13-15,17H,5,9-10,12,16H2,1-4H3,(H,24,27)/b19-15+. The van der Waals surface area contributed by atoms with Gasteiger partial charge in [-0.2, -0.15) is 5.10 Å². The van der Waals surface area contributed by atoms with Crippen molar-refractivity contribution in [3.63, 3.8) is 0 Å². The highest BCUT2D eigenvalue weighted by molar-refractivity contribution is 5.93. The van der Waals surface area contributed by atoms with E-state index in [0.717, 1.165) is 37.1 Å². The van der Waals surface area contributed by atoms with Crippen molar-refractivity contribution in [1.29, 1.82) is 0 Å². The Morgan fingerprint density at radius 3 is 2.56 bits per heavy atom. The first kappa shape index (κ1) is 20.7. The maximum absolute atomic E-state index is 12.7. The average Bonchev–Trinajstić information content (AvgIpc) is 3.06. The Hall–Kier alpha value is -2.62. The minimum absolute atomic E-state index is 0.0953. The van der Waals surface area contributed by atoms with Gasteiger partial charge in [0, 0.05) is 6.54 Å². The molecule has 0 saturated carbocycles. The molecule has 1 N–H and O–H groups in total. The summed E-state index contributed by atoms with van der Waals surface area (Å²) in [6.07, 6.45) is 8.25. The molecule has 27 heavy (non-hydrogen) atoms. The third-order valence-electron chi connectivity index (χ3n) is 4.30. The number of aromatic nitrogens is 2. The van der Waals surface area contributed by atoms with Gasteiger partial charge in [0.05, 0.1) is 11.4 Å². The van der Waals surface area contributed by atoms with E-state index in [2.05, 4.69) is 50.3 Å². The zero-order valence-electron chi connectivity index (χ0n) is 17.0. The molecule has 0 aliphatic rings. The van der Waals surface area contributed by atoms with Crippen LogP contribution in [0.3, 0.4) is 0 Å². The molecule has 0 saturated heterocycles. The number of amides is 1. The molecule has 1 aromatic carbocycles. The van der Waals surface area contributed by atoms with Crippen LogP contribution in [0, 0.1) is 0 Å². The predicted molar refractivity (Wildman–Crippen MR) is 112 cm³/mol. The Bertz CT molecular complexity index is 796. The average molecular weight is 366 g/mol. The number of aryl methyl sites for hydroxylation is 1. The highest BCUT2D eigenvalue weighted by Crippen LogP contribution is 2.14. The van der Waals surface area contributed by atoms with Crippen molar-refractivity contribution < 1.29 is 4.79 Å². The number of allylic oxidation sites excluding steroid dienone is 3. The van der Waals surface area contributed by atoms with Crippen LogP contribution in [0.5, 0.6) is 0 Å². The van der Waals surface area contributed by atoms with E-state index in [0.29, 0.717) is 12.2 Å². The van der Waals surface area contributed by atoms with Gasteiger partial charge >= 0.3 is 0 Å². The SMILES string of the molecule is CCCc1cc(C(=O)NC/C=C(\C)CCC=C(C)C)n(-c2ccccc2)n1. The number of carbonyl (C=O) groups excluding carboxylic acids is 1. The van der Waals surface area contributed by atoms with Crippen LogP contribution in [0.25, 0.3) is 5.69 Å². The number of hydrogen-bond donors (Lipinski definition) is 1. The van der Waals surface area contributed by atoms with Crippen molar-refractivity contribution in [2.75, 3.05) is 6.54 Å². The van der Waals surface area contributed by atoms with E-state index >= 15 is 0 Å². The quantitative estimate of drug-likeness (QED) is 0.617. The lowest BCUT2D eigenvalue weighted by Crippen LogP contribution is -2.26. The van der Waals surface area contributed by atoms with E-state index in [9.17, 15) is 4.79 Å². The molecule has 0 aliphatic carbocycles. The lowest BCUT2D eigenvalue weighted by atomic mass is 10.1. The van der Waals surface area contributed by atoms with Gasteiger partial charge in [-0.05, 0) is 58.2 Å². The molecule has 0 atom stereocenters. The molecule has 0 aliphatic heterocycles. The molecule has 4 heteroatoms. The van der Waals surface area contributed by atoms with E-state index < -0.39 is 0 Å². The Balaban J connectivity index is 2.06. The molecule has 1 aromatic heterocycles. The van der Waals surface area contributed by atoms with Crippen LogP contribution < -0.4 is 5.32 Å². The molecular formula is C23H31N3O. The molecular weight excluding hydrogens is 334 g/mol. The second-order valence-corrected chi connectivity index (χ2v) is 7.10. The van der Waals surface area contributed by atoms with E-state index in [1.54, 1.807) is 4.68 Å². The van der Waals surface area contributed by atoms with Crippen molar-refractivity contribution in [2.45, 2.75) is 53.4 Å². The lowest BCUT2D eigenvalue weighted by molar-refractivity contribution is 0.0950. The monoisotopic (exact) mass is 365 g/mol. The highest BCUT2D eigenvalue weighted by Gasteiger charge is 2.15. The first-order valence-electron chi connectivity index (χ1n) is 9.72. The fourth-order valence-electron chi connectivity index (χ4n) is 2.84. The van der Waals surface area contributed by atoms with Crippen LogP contribution in [-0.2, 0) is 6.42 Å². The molecule has 144 valence electrons. The Morgan fingerprint density at radius 1 is 1.15 bits per heavy atom. The molecule has 0 unspecified atom stereocenters. The zero-order valence-corrected chi connectivity index (χ0v) is 17.0. The number of rotatable bonds is 9. The summed E-state index contributed by atoms with van der Waals surface area (Å²) in [6, 6.07) is 11.7.